The maximum absolute atomic E-state index is 14.4. The van der Waals surface area contributed by atoms with Gasteiger partial charge in [0.1, 0.15) is 12.6 Å². The SMILES string of the molecule is CC(C)CNC(=O)[C@@H](Cc1ccccc1)N(Cc1ccc(Cl)cc1)C(=O)CN(c1cccc(Cl)c1)S(=O)(=O)c1ccc(Cl)cc1. The van der Waals surface area contributed by atoms with Crippen molar-refractivity contribution in [3.8, 4) is 0 Å². The third-order valence-electron chi connectivity index (χ3n) is 7.00. The zero-order valence-electron chi connectivity index (χ0n) is 24.9. The summed E-state index contributed by atoms with van der Waals surface area (Å²) in [7, 11) is -4.27. The van der Waals surface area contributed by atoms with Crippen molar-refractivity contribution in [2.24, 2.45) is 5.92 Å². The first kappa shape index (κ1) is 34.3. The van der Waals surface area contributed by atoms with Gasteiger partial charge in [-0.15, -0.1) is 0 Å². The van der Waals surface area contributed by atoms with E-state index in [-0.39, 0.29) is 35.4 Å². The molecule has 4 aromatic rings. The number of nitrogens with zero attached hydrogens (tertiary/aromatic N) is 2. The van der Waals surface area contributed by atoms with Crippen LogP contribution in [0.2, 0.25) is 15.1 Å². The minimum absolute atomic E-state index is 0.0347. The predicted molar refractivity (Wildman–Crippen MR) is 181 cm³/mol. The number of amides is 2. The fraction of sp³-hybridized carbons (Fsp3) is 0.235. The maximum Gasteiger partial charge on any atom is 0.264 e. The molecule has 0 bridgehead atoms. The van der Waals surface area contributed by atoms with E-state index in [1.807, 2.05) is 44.2 Å². The van der Waals surface area contributed by atoms with Crippen LogP contribution in [0.15, 0.2) is 108 Å². The van der Waals surface area contributed by atoms with E-state index in [0.29, 0.717) is 21.6 Å². The summed E-state index contributed by atoms with van der Waals surface area (Å²) in [5.41, 5.74) is 1.76. The van der Waals surface area contributed by atoms with Crippen LogP contribution in [0.3, 0.4) is 0 Å². The Kier molecular flexibility index (Phi) is 11.9. The number of hydrogen-bond acceptors (Lipinski definition) is 4. The van der Waals surface area contributed by atoms with Gasteiger partial charge in [0, 0.05) is 34.6 Å². The highest BCUT2D eigenvalue weighted by Gasteiger charge is 2.34. The molecule has 0 aromatic heterocycles. The number of carbonyl (C=O) groups excluding carboxylic acids is 2. The molecule has 11 heteroatoms. The van der Waals surface area contributed by atoms with Crippen molar-refractivity contribution in [1.82, 2.24) is 10.2 Å². The lowest BCUT2D eigenvalue weighted by atomic mass is 10.0. The number of carbonyl (C=O) groups is 2. The molecule has 0 saturated carbocycles. The minimum atomic E-state index is -4.27. The molecule has 1 atom stereocenters. The Hall–Kier alpha value is -3.56. The molecule has 0 saturated heterocycles. The molecule has 2 amide bonds. The molecule has 236 valence electrons. The third-order valence-corrected chi connectivity index (χ3v) is 9.53. The Morgan fingerprint density at radius 1 is 0.756 bits per heavy atom. The average Bonchev–Trinajstić information content (AvgIpc) is 3.01. The van der Waals surface area contributed by atoms with Gasteiger partial charge in [-0.05, 0) is 71.6 Å². The van der Waals surface area contributed by atoms with Gasteiger partial charge in [-0.2, -0.15) is 0 Å². The number of nitrogens with one attached hydrogen (secondary N) is 1. The maximum atomic E-state index is 14.4. The first-order chi connectivity index (χ1) is 21.4. The van der Waals surface area contributed by atoms with Crippen LogP contribution in [0.5, 0.6) is 0 Å². The summed E-state index contributed by atoms with van der Waals surface area (Å²) >= 11 is 18.4. The van der Waals surface area contributed by atoms with Crippen molar-refractivity contribution in [2.45, 2.75) is 37.8 Å². The minimum Gasteiger partial charge on any atom is -0.354 e. The van der Waals surface area contributed by atoms with E-state index in [0.717, 1.165) is 15.4 Å². The number of halogens is 3. The van der Waals surface area contributed by atoms with Crippen LogP contribution in [0.25, 0.3) is 0 Å². The summed E-state index contributed by atoms with van der Waals surface area (Å²) in [6, 6.07) is 27.3. The molecule has 4 aromatic carbocycles. The number of sulfonamides is 1. The highest BCUT2D eigenvalue weighted by molar-refractivity contribution is 7.92. The van der Waals surface area contributed by atoms with Gasteiger partial charge in [-0.25, -0.2) is 8.42 Å². The summed E-state index contributed by atoms with van der Waals surface area (Å²) in [5, 5.41) is 4.15. The second-order valence-electron chi connectivity index (χ2n) is 10.9. The average molecular weight is 687 g/mol. The molecule has 1 N–H and O–H groups in total. The molecular formula is C34H34Cl3N3O4S. The van der Waals surface area contributed by atoms with Gasteiger partial charge in [-0.3, -0.25) is 13.9 Å². The standard InChI is InChI=1S/C34H34Cl3N3O4S/c1-24(2)21-38-34(42)32(19-25-7-4-3-5-8-25)39(22-26-11-13-27(35)14-12-26)33(41)23-40(30-10-6-9-29(37)20-30)45(43,44)31-17-15-28(36)16-18-31/h3-18,20,24,32H,19,21-23H2,1-2H3,(H,38,42)/t32-/m1/s1. The summed E-state index contributed by atoms with van der Waals surface area (Å²) in [6.07, 6.45) is 0.213. The van der Waals surface area contributed by atoms with Gasteiger partial charge in [0.15, 0.2) is 0 Å². The molecule has 0 aliphatic rings. The Morgan fingerprint density at radius 2 is 1.38 bits per heavy atom. The lowest BCUT2D eigenvalue weighted by Crippen LogP contribution is -2.53. The zero-order valence-corrected chi connectivity index (χ0v) is 28.0. The van der Waals surface area contributed by atoms with Crippen molar-refractivity contribution in [3.63, 3.8) is 0 Å². The predicted octanol–water partition coefficient (Wildman–Crippen LogP) is 7.25. The van der Waals surface area contributed by atoms with Crippen LogP contribution in [-0.2, 0) is 32.6 Å². The fourth-order valence-electron chi connectivity index (χ4n) is 4.66. The number of rotatable bonds is 13. The molecular weight excluding hydrogens is 653 g/mol. The van der Waals surface area contributed by atoms with Crippen LogP contribution in [-0.4, -0.2) is 44.3 Å². The smallest absolute Gasteiger partial charge is 0.264 e. The van der Waals surface area contributed by atoms with Crippen LogP contribution >= 0.6 is 34.8 Å². The fourth-order valence-corrected chi connectivity index (χ4v) is 6.50. The highest BCUT2D eigenvalue weighted by Crippen LogP contribution is 2.28. The topological polar surface area (TPSA) is 86.8 Å². The number of anilines is 1. The summed E-state index contributed by atoms with van der Waals surface area (Å²) in [4.78, 5) is 29.6. The van der Waals surface area contributed by atoms with Crippen LogP contribution < -0.4 is 9.62 Å². The highest BCUT2D eigenvalue weighted by atomic mass is 35.5. The van der Waals surface area contributed by atoms with Crippen LogP contribution in [0.4, 0.5) is 5.69 Å². The monoisotopic (exact) mass is 685 g/mol. The third kappa shape index (κ3) is 9.47. The molecule has 0 unspecified atom stereocenters. The largest absolute Gasteiger partial charge is 0.354 e. The Balaban J connectivity index is 1.79. The van der Waals surface area contributed by atoms with Gasteiger partial charge in [0.05, 0.1) is 10.6 Å². The van der Waals surface area contributed by atoms with Gasteiger partial charge in [0.25, 0.3) is 10.0 Å². The molecule has 0 heterocycles. The summed E-state index contributed by atoms with van der Waals surface area (Å²) in [5.74, 6) is -0.748. The van der Waals surface area contributed by atoms with Crippen molar-refractivity contribution in [3.05, 3.63) is 129 Å². The number of benzene rings is 4. The quantitative estimate of drug-likeness (QED) is 0.161. The molecule has 0 fully saturated rings. The van der Waals surface area contributed by atoms with E-state index >= 15 is 0 Å². The van der Waals surface area contributed by atoms with Crippen molar-refractivity contribution in [2.75, 3.05) is 17.4 Å². The molecule has 4 rings (SSSR count). The van der Waals surface area contributed by atoms with Crippen LogP contribution in [0, 0.1) is 5.92 Å². The Labute approximate surface area is 279 Å². The van der Waals surface area contributed by atoms with Gasteiger partial charge in [0.2, 0.25) is 11.8 Å². The van der Waals surface area contributed by atoms with E-state index in [1.165, 1.54) is 35.2 Å². The lowest BCUT2D eigenvalue weighted by Gasteiger charge is -2.34. The Bertz CT molecular complexity index is 1700. The normalized spacial score (nSPS) is 12.0. The molecule has 0 spiro atoms. The lowest BCUT2D eigenvalue weighted by molar-refractivity contribution is -0.140. The van der Waals surface area contributed by atoms with Crippen molar-refractivity contribution < 1.29 is 18.0 Å². The van der Waals surface area contributed by atoms with Crippen molar-refractivity contribution >= 4 is 62.3 Å². The van der Waals surface area contributed by atoms with E-state index < -0.39 is 28.5 Å². The zero-order chi connectivity index (χ0) is 32.6. The summed E-state index contributed by atoms with van der Waals surface area (Å²) in [6.45, 7) is 3.81. The molecule has 45 heavy (non-hydrogen) atoms. The summed E-state index contributed by atoms with van der Waals surface area (Å²) < 4.78 is 29.1. The van der Waals surface area contributed by atoms with E-state index in [2.05, 4.69) is 5.32 Å². The van der Waals surface area contributed by atoms with Gasteiger partial charge >= 0.3 is 0 Å². The van der Waals surface area contributed by atoms with Crippen molar-refractivity contribution in [1.29, 1.82) is 0 Å². The van der Waals surface area contributed by atoms with Gasteiger partial charge < -0.3 is 10.2 Å². The first-order valence-electron chi connectivity index (χ1n) is 14.3. The molecule has 0 aliphatic carbocycles. The molecule has 0 radical (unpaired) electrons. The molecule has 7 nitrogen and oxygen atoms in total. The van der Waals surface area contributed by atoms with Gasteiger partial charge in [-0.1, -0.05) is 97.2 Å². The van der Waals surface area contributed by atoms with Crippen LogP contribution in [0.1, 0.15) is 25.0 Å². The second kappa shape index (κ2) is 15.6. The van der Waals surface area contributed by atoms with E-state index in [4.69, 9.17) is 34.8 Å². The Morgan fingerprint density at radius 3 is 1.98 bits per heavy atom. The van der Waals surface area contributed by atoms with E-state index in [1.54, 1.807) is 42.5 Å². The molecule has 0 aliphatic heterocycles. The number of hydrogen-bond donors (Lipinski definition) is 1. The first-order valence-corrected chi connectivity index (χ1v) is 16.9. The second-order valence-corrected chi connectivity index (χ2v) is 14.1. The van der Waals surface area contributed by atoms with E-state index in [9.17, 15) is 18.0 Å².